The van der Waals surface area contributed by atoms with Crippen molar-refractivity contribution in [2.24, 2.45) is 0 Å². The number of carbonyl (C=O) groups excluding carboxylic acids is 2. The maximum absolute atomic E-state index is 12.5. The number of nitro groups is 2. The van der Waals surface area contributed by atoms with E-state index in [1.807, 2.05) is 0 Å². The van der Waals surface area contributed by atoms with Gasteiger partial charge >= 0.3 is 5.69 Å². The van der Waals surface area contributed by atoms with E-state index >= 15 is 0 Å². The Hall–Kier alpha value is -3.82. The number of ketones is 2. The van der Waals surface area contributed by atoms with Crippen LogP contribution in [0.4, 0.5) is 11.4 Å². The van der Waals surface area contributed by atoms with Gasteiger partial charge in [-0.25, -0.2) is 0 Å². The molecule has 24 heavy (non-hydrogen) atoms. The van der Waals surface area contributed by atoms with Crippen molar-refractivity contribution in [1.82, 2.24) is 0 Å². The molecule has 0 fully saturated rings. The third kappa shape index (κ3) is 1.83. The largest absolute Gasteiger partial charge is 0.507 e. The van der Waals surface area contributed by atoms with Gasteiger partial charge in [-0.1, -0.05) is 12.1 Å². The van der Waals surface area contributed by atoms with Gasteiger partial charge in [-0.05, 0) is 6.07 Å². The Bertz CT molecular complexity index is 979. The van der Waals surface area contributed by atoms with Crippen LogP contribution in [0.2, 0.25) is 0 Å². The Labute approximate surface area is 131 Å². The molecule has 0 radical (unpaired) electrons. The third-order valence-electron chi connectivity index (χ3n) is 3.62. The van der Waals surface area contributed by atoms with E-state index in [-0.39, 0.29) is 5.56 Å². The number of hydrogen-bond donors (Lipinski definition) is 2. The van der Waals surface area contributed by atoms with Gasteiger partial charge in [0.25, 0.3) is 5.69 Å². The molecule has 0 spiro atoms. The van der Waals surface area contributed by atoms with Gasteiger partial charge in [0, 0.05) is 5.56 Å². The maximum Gasteiger partial charge on any atom is 0.318 e. The van der Waals surface area contributed by atoms with Crippen molar-refractivity contribution in [3.05, 3.63) is 66.7 Å². The summed E-state index contributed by atoms with van der Waals surface area (Å²) in [7, 11) is 0. The first-order valence-corrected chi connectivity index (χ1v) is 6.35. The highest BCUT2D eigenvalue weighted by Crippen LogP contribution is 2.44. The number of nitrogens with zero attached hydrogens (tertiary/aromatic N) is 2. The van der Waals surface area contributed by atoms with Crippen LogP contribution in [-0.4, -0.2) is 31.6 Å². The summed E-state index contributed by atoms with van der Waals surface area (Å²) in [6.07, 6.45) is 0. The highest BCUT2D eigenvalue weighted by molar-refractivity contribution is 6.31. The molecule has 0 aliphatic heterocycles. The fraction of sp³-hybridized carbons (Fsp3) is 0. The van der Waals surface area contributed by atoms with E-state index < -0.39 is 61.0 Å². The minimum absolute atomic E-state index is 0.288. The van der Waals surface area contributed by atoms with E-state index in [1.54, 1.807) is 0 Å². The Balaban J connectivity index is 2.48. The third-order valence-corrected chi connectivity index (χ3v) is 3.62. The Morgan fingerprint density at radius 1 is 0.833 bits per heavy atom. The van der Waals surface area contributed by atoms with Gasteiger partial charge in [0.05, 0.1) is 27.0 Å². The quantitative estimate of drug-likeness (QED) is 0.530. The number of carbonyl (C=O) groups is 2. The fourth-order valence-corrected chi connectivity index (χ4v) is 2.61. The van der Waals surface area contributed by atoms with Crippen LogP contribution in [0.5, 0.6) is 11.5 Å². The predicted octanol–water partition coefficient (Wildman–Crippen LogP) is 1.69. The summed E-state index contributed by atoms with van der Waals surface area (Å²) in [5.41, 5.74) is -4.42. The van der Waals surface area contributed by atoms with Gasteiger partial charge in [0.2, 0.25) is 17.3 Å². The van der Waals surface area contributed by atoms with Gasteiger partial charge in [-0.3, -0.25) is 29.8 Å². The zero-order valence-electron chi connectivity index (χ0n) is 11.5. The molecule has 10 nitrogen and oxygen atoms in total. The molecule has 0 aromatic heterocycles. The molecule has 0 amide bonds. The molecule has 2 N–H and O–H groups in total. The van der Waals surface area contributed by atoms with Crippen molar-refractivity contribution in [3.8, 4) is 11.5 Å². The van der Waals surface area contributed by atoms with Crippen LogP contribution in [-0.2, 0) is 0 Å². The van der Waals surface area contributed by atoms with Crippen LogP contribution >= 0.6 is 0 Å². The van der Waals surface area contributed by atoms with Gasteiger partial charge < -0.3 is 10.2 Å². The molecular formula is C14H6N2O8. The Kier molecular flexibility index (Phi) is 3.04. The van der Waals surface area contributed by atoms with Crippen molar-refractivity contribution in [2.75, 3.05) is 0 Å². The molecule has 0 saturated carbocycles. The van der Waals surface area contributed by atoms with Crippen molar-refractivity contribution >= 4 is 22.9 Å². The summed E-state index contributed by atoms with van der Waals surface area (Å²) in [6, 6.07) is 3.98. The average Bonchev–Trinajstić information content (AvgIpc) is 2.51. The van der Waals surface area contributed by atoms with E-state index in [4.69, 9.17) is 0 Å². The number of phenolic OH excluding ortho intramolecular Hbond substituents is 2. The van der Waals surface area contributed by atoms with Crippen molar-refractivity contribution in [1.29, 1.82) is 0 Å². The van der Waals surface area contributed by atoms with E-state index in [0.29, 0.717) is 6.07 Å². The van der Waals surface area contributed by atoms with Crippen LogP contribution in [0, 0.1) is 20.2 Å². The van der Waals surface area contributed by atoms with Crippen LogP contribution in [0.15, 0.2) is 24.3 Å². The smallest absolute Gasteiger partial charge is 0.318 e. The predicted molar refractivity (Wildman–Crippen MR) is 76.4 cm³/mol. The average molecular weight is 330 g/mol. The highest BCUT2D eigenvalue weighted by Gasteiger charge is 2.42. The van der Waals surface area contributed by atoms with E-state index in [9.17, 15) is 40.0 Å². The number of aromatic hydroxyl groups is 2. The molecule has 0 heterocycles. The van der Waals surface area contributed by atoms with Gasteiger partial charge in [-0.15, -0.1) is 0 Å². The molecule has 0 atom stereocenters. The van der Waals surface area contributed by atoms with E-state index in [0.717, 1.165) is 6.07 Å². The topological polar surface area (TPSA) is 161 Å². The van der Waals surface area contributed by atoms with Crippen molar-refractivity contribution < 1.29 is 29.6 Å². The molecular weight excluding hydrogens is 324 g/mol. The molecule has 2 aromatic rings. The standard InChI is InChI=1S/C14H6N2O8/c17-8-3-1-2-5-9(8)14(20)11-10(12(5)18)6(15(21)22)4-7(13(11)19)16(23)24/h1-4,17,19H. The summed E-state index contributed by atoms with van der Waals surface area (Å²) in [5.74, 6) is -3.84. The zero-order valence-corrected chi connectivity index (χ0v) is 11.5. The minimum Gasteiger partial charge on any atom is -0.507 e. The van der Waals surface area contributed by atoms with Crippen molar-refractivity contribution in [3.63, 3.8) is 0 Å². The molecule has 0 bridgehead atoms. The zero-order chi connectivity index (χ0) is 17.8. The number of nitro benzene ring substituents is 2. The van der Waals surface area contributed by atoms with Crippen LogP contribution in [0.1, 0.15) is 31.8 Å². The van der Waals surface area contributed by atoms with Gasteiger partial charge in [-0.2, -0.15) is 0 Å². The molecule has 0 unspecified atom stereocenters. The van der Waals surface area contributed by atoms with E-state index in [1.165, 1.54) is 12.1 Å². The number of fused-ring (bicyclic) bond motifs is 2. The Morgan fingerprint density at radius 2 is 1.46 bits per heavy atom. The molecule has 120 valence electrons. The van der Waals surface area contributed by atoms with Gasteiger partial charge in [0.15, 0.2) is 0 Å². The minimum atomic E-state index is -1.16. The lowest BCUT2D eigenvalue weighted by molar-refractivity contribution is -0.394. The first-order valence-electron chi connectivity index (χ1n) is 6.35. The molecule has 1 aliphatic rings. The number of hydrogen-bond acceptors (Lipinski definition) is 8. The molecule has 1 aliphatic carbocycles. The second-order valence-corrected chi connectivity index (χ2v) is 4.89. The summed E-state index contributed by atoms with van der Waals surface area (Å²) in [5, 5.41) is 41.9. The molecule has 10 heteroatoms. The lowest BCUT2D eigenvalue weighted by Crippen LogP contribution is -2.23. The first-order chi connectivity index (χ1) is 11.3. The lowest BCUT2D eigenvalue weighted by atomic mass is 9.82. The molecule has 0 saturated heterocycles. The summed E-state index contributed by atoms with van der Waals surface area (Å²) < 4.78 is 0. The van der Waals surface area contributed by atoms with Crippen LogP contribution < -0.4 is 0 Å². The molecule has 3 rings (SSSR count). The molecule has 2 aromatic carbocycles. The number of phenols is 2. The lowest BCUT2D eigenvalue weighted by Gasteiger charge is -2.18. The SMILES string of the molecule is O=C1c2cccc(O)c2C(=O)c2c(O)c([N+](=O)[O-])cc([N+](=O)[O-])c21. The second kappa shape index (κ2) is 4.84. The van der Waals surface area contributed by atoms with E-state index in [2.05, 4.69) is 0 Å². The van der Waals surface area contributed by atoms with Crippen LogP contribution in [0.3, 0.4) is 0 Å². The highest BCUT2D eigenvalue weighted by atomic mass is 16.6. The first kappa shape index (κ1) is 15.1. The second-order valence-electron chi connectivity index (χ2n) is 4.89. The van der Waals surface area contributed by atoms with Gasteiger partial charge in [0.1, 0.15) is 11.3 Å². The van der Waals surface area contributed by atoms with Crippen LogP contribution in [0.25, 0.3) is 0 Å². The van der Waals surface area contributed by atoms with Crippen molar-refractivity contribution in [2.45, 2.75) is 0 Å². The normalized spacial score (nSPS) is 12.5. The monoisotopic (exact) mass is 330 g/mol. The number of rotatable bonds is 2. The Morgan fingerprint density at radius 3 is 2.04 bits per heavy atom. The fourth-order valence-electron chi connectivity index (χ4n) is 2.61. The summed E-state index contributed by atoms with van der Waals surface area (Å²) >= 11 is 0. The maximum atomic E-state index is 12.5. The summed E-state index contributed by atoms with van der Waals surface area (Å²) in [6.45, 7) is 0. The summed E-state index contributed by atoms with van der Waals surface area (Å²) in [4.78, 5) is 45.0. The number of benzene rings is 2.